The average molecular weight is 220 g/mol. The predicted molar refractivity (Wildman–Crippen MR) is 60.1 cm³/mol. The predicted octanol–water partition coefficient (Wildman–Crippen LogP) is 1.34. The molecule has 0 aromatic carbocycles. The molecule has 14 heavy (non-hydrogen) atoms. The van der Waals surface area contributed by atoms with Gasteiger partial charge in [0.25, 0.3) is 0 Å². The molecule has 0 aliphatic rings. The summed E-state index contributed by atoms with van der Waals surface area (Å²) in [5, 5.41) is 2.67. The lowest BCUT2D eigenvalue weighted by molar-refractivity contribution is -0.870. The zero-order chi connectivity index (χ0) is 11.4. The lowest BCUT2D eigenvalue weighted by Crippen LogP contribution is -2.40. The molecule has 1 unspecified atom stereocenters. The van der Waals surface area contributed by atoms with Gasteiger partial charge in [0.2, 0.25) is 5.91 Å². The number of amides is 1. The number of nitrogens with zero attached hydrogens (tertiary/aromatic N) is 1. The second kappa shape index (κ2) is 5.37. The van der Waals surface area contributed by atoms with Crippen molar-refractivity contribution >= 4 is 17.5 Å². The van der Waals surface area contributed by atoms with Crippen LogP contribution in [0.3, 0.4) is 0 Å². The largest absolute Gasteiger partial charge is 0.336 e. The summed E-state index contributed by atoms with van der Waals surface area (Å²) in [5.41, 5.74) is 0.178. The summed E-state index contributed by atoms with van der Waals surface area (Å²) in [4.78, 5) is 11.2. The van der Waals surface area contributed by atoms with Gasteiger partial charge in [-0.25, -0.2) is 0 Å². The molecule has 0 aromatic rings. The van der Waals surface area contributed by atoms with Crippen molar-refractivity contribution in [3.8, 4) is 0 Å². The van der Waals surface area contributed by atoms with Crippen molar-refractivity contribution in [3.63, 3.8) is 0 Å². The summed E-state index contributed by atoms with van der Waals surface area (Å²) >= 11 is 5.94. The van der Waals surface area contributed by atoms with Crippen LogP contribution in [0, 0.1) is 0 Å². The van der Waals surface area contributed by atoms with Crippen LogP contribution in [0.1, 0.15) is 13.3 Å². The molecule has 0 aliphatic carbocycles. The zero-order valence-electron chi connectivity index (χ0n) is 9.43. The Kier molecular flexibility index (Phi) is 5.16. The van der Waals surface area contributed by atoms with Crippen LogP contribution in [0.2, 0.25) is 0 Å². The lowest BCUT2D eigenvalue weighted by Gasteiger charge is -2.25. The normalized spacial score (nSPS) is 13.5. The van der Waals surface area contributed by atoms with E-state index in [1.165, 1.54) is 0 Å². The Morgan fingerprint density at radius 2 is 2.00 bits per heavy atom. The quantitative estimate of drug-likeness (QED) is 0.322. The Morgan fingerprint density at radius 1 is 1.50 bits per heavy atom. The molecule has 3 nitrogen and oxygen atoms in total. The van der Waals surface area contributed by atoms with Crippen LogP contribution in [0.5, 0.6) is 0 Å². The Balaban J connectivity index is 3.82. The van der Waals surface area contributed by atoms with E-state index in [0.29, 0.717) is 5.57 Å². The third-order valence-corrected chi connectivity index (χ3v) is 2.06. The fourth-order valence-electron chi connectivity index (χ4n) is 0.838. The molecule has 0 rings (SSSR count). The summed E-state index contributed by atoms with van der Waals surface area (Å²) < 4.78 is 0.839. The van der Waals surface area contributed by atoms with Gasteiger partial charge in [-0.05, 0) is 6.92 Å². The highest BCUT2D eigenvalue weighted by Crippen LogP contribution is 2.03. The summed E-state index contributed by atoms with van der Waals surface area (Å²) in [6.07, 6.45) is 0.754. The van der Waals surface area contributed by atoms with Crippen LogP contribution in [0.4, 0.5) is 0 Å². The molecule has 0 bridgehead atoms. The van der Waals surface area contributed by atoms with Crippen molar-refractivity contribution in [2.75, 3.05) is 27.7 Å². The second-order valence-corrected chi connectivity index (χ2v) is 5.05. The van der Waals surface area contributed by atoms with E-state index in [1.807, 2.05) is 0 Å². The Hall–Kier alpha value is -0.540. The van der Waals surface area contributed by atoms with Gasteiger partial charge < -0.3 is 9.80 Å². The summed E-state index contributed by atoms with van der Waals surface area (Å²) in [6.45, 7) is 6.13. The molecule has 0 aliphatic heterocycles. The highest BCUT2D eigenvalue weighted by atomic mass is 35.5. The number of nitrogens with one attached hydrogen (secondary N) is 1. The Labute approximate surface area is 91.3 Å². The minimum Gasteiger partial charge on any atom is -0.336 e. The van der Waals surface area contributed by atoms with Crippen molar-refractivity contribution in [2.45, 2.75) is 18.8 Å². The standard InChI is InChI=1S/C10H19ClN2O/c1-8(2)10(14)12-9(11)6-7-13(3,4)5/h9H,1,6-7H2,2-5H3/p+1. The molecule has 0 spiro atoms. The fraction of sp³-hybridized carbons (Fsp3) is 0.700. The van der Waals surface area contributed by atoms with Gasteiger partial charge in [-0.15, -0.1) is 0 Å². The van der Waals surface area contributed by atoms with E-state index in [9.17, 15) is 4.79 Å². The van der Waals surface area contributed by atoms with Crippen LogP contribution in [-0.4, -0.2) is 43.6 Å². The molecular weight excluding hydrogens is 200 g/mol. The summed E-state index contributed by atoms with van der Waals surface area (Å²) in [5.74, 6) is -0.175. The van der Waals surface area contributed by atoms with Crippen LogP contribution < -0.4 is 5.32 Å². The van der Waals surface area contributed by atoms with Gasteiger partial charge in [-0.2, -0.15) is 0 Å². The molecule has 0 heterocycles. The SMILES string of the molecule is C=C(C)C(=O)NC(Cl)CC[N+](C)(C)C. The highest BCUT2D eigenvalue weighted by molar-refractivity contribution is 6.21. The van der Waals surface area contributed by atoms with E-state index in [0.717, 1.165) is 17.4 Å². The topological polar surface area (TPSA) is 29.1 Å². The molecular formula is C10H20ClN2O+. The van der Waals surface area contributed by atoms with Crippen molar-refractivity contribution < 1.29 is 9.28 Å². The molecule has 4 heteroatoms. The maximum Gasteiger partial charge on any atom is 0.247 e. The molecule has 1 N–H and O–H groups in total. The third kappa shape index (κ3) is 6.92. The lowest BCUT2D eigenvalue weighted by atomic mass is 10.3. The summed E-state index contributed by atoms with van der Waals surface area (Å²) in [7, 11) is 6.26. The number of rotatable bonds is 5. The van der Waals surface area contributed by atoms with Crippen molar-refractivity contribution in [1.82, 2.24) is 5.32 Å². The van der Waals surface area contributed by atoms with E-state index in [1.54, 1.807) is 6.92 Å². The van der Waals surface area contributed by atoms with Crippen molar-refractivity contribution in [3.05, 3.63) is 12.2 Å². The number of hydrogen-bond acceptors (Lipinski definition) is 1. The number of alkyl halides is 1. The second-order valence-electron chi connectivity index (χ2n) is 4.52. The average Bonchev–Trinajstić information content (AvgIpc) is 1.99. The van der Waals surface area contributed by atoms with E-state index < -0.39 is 0 Å². The monoisotopic (exact) mass is 219 g/mol. The maximum absolute atomic E-state index is 11.2. The van der Waals surface area contributed by atoms with E-state index in [4.69, 9.17) is 11.6 Å². The van der Waals surface area contributed by atoms with E-state index >= 15 is 0 Å². The Morgan fingerprint density at radius 3 is 2.36 bits per heavy atom. The molecule has 82 valence electrons. The fourth-order valence-corrected chi connectivity index (χ4v) is 1.03. The third-order valence-electron chi connectivity index (χ3n) is 1.73. The molecule has 0 saturated heterocycles. The van der Waals surface area contributed by atoms with E-state index in [2.05, 4.69) is 33.0 Å². The maximum atomic E-state index is 11.2. The molecule has 0 fully saturated rings. The summed E-state index contributed by atoms with van der Waals surface area (Å²) in [6, 6.07) is 0. The number of hydrogen-bond donors (Lipinski definition) is 1. The highest BCUT2D eigenvalue weighted by Gasteiger charge is 2.14. The van der Waals surface area contributed by atoms with Gasteiger partial charge in [-0.3, -0.25) is 4.79 Å². The first-order chi connectivity index (χ1) is 6.22. The van der Waals surface area contributed by atoms with E-state index in [-0.39, 0.29) is 11.4 Å². The number of halogens is 1. The van der Waals surface area contributed by atoms with Gasteiger partial charge in [0.05, 0.1) is 27.7 Å². The van der Waals surface area contributed by atoms with Gasteiger partial charge in [0.1, 0.15) is 5.50 Å². The minimum absolute atomic E-state index is 0.175. The first-order valence-electron chi connectivity index (χ1n) is 4.63. The van der Waals surface area contributed by atoms with Crippen LogP contribution in [-0.2, 0) is 4.79 Å². The van der Waals surface area contributed by atoms with Gasteiger partial charge in [0.15, 0.2) is 0 Å². The van der Waals surface area contributed by atoms with Crippen LogP contribution in [0.15, 0.2) is 12.2 Å². The van der Waals surface area contributed by atoms with Gasteiger partial charge in [-0.1, -0.05) is 18.2 Å². The molecule has 1 amide bonds. The van der Waals surface area contributed by atoms with Crippen LogP contribution >= 0.6 is 11.6 Å². The number of carbonyl (C=O) groups excluding carboxylic acids is 1. The smallest absolute Gasteiger partial charge is 0.247 e. The number of carbonyl (C=O) groups is 1. The zero-order valence-corrected chi connectivity index (χ0v) is 10.2. The van der Waals surface area contributed by atoms with Crippen molar-refractivity contribution in [1.29, 1.82) is 0 Å². The molecule has 0 saturated carbocycles. The van der Waals surface area contributed by atoms with Crippen molar-refractivity contribution in [2.24, 2.45) is 0 Å². The minimum atomic E-state index is -0.309. The van der Waals surface area contributed by atoms with Crippen LogP contribution in [0.25, 0.3) is 0 Å². The number of quaternary nitrogens is 1. The van der Waals surface area contributed by atoms with Gasteiger partial charge in [0, 0.05) is 12.0 Å². The molecule has 1 atom stereocenters. The molecule has 0 aromatic heterocycles. The first kappa shape index (κ1) is 13.5. The first-order valence-corrected chi connectivity index (χ1v) is 5.07. The Bertz CT molecular complexity index is 221. The molecule has 0 radical (unpaired) electrons. The van der Waals surface area contributed by atoms with Gasteiger partial charge >= 0.3 is 0 Å².